The molecular weight excluding hydrogens is 196 g/mol. The van der Waals surface area contributed by atoms with Gasteiger partial charge in [-0.25, -0.2) is 0 Å². The van der Waals surface area contributed by atoms with Gasteiger partial charge in [0.1, 0.15) is 0 Å². The third-order valence-electron chi connectivity index (χ3n) is 3.16. The van der Waals surface area contributed by atoms with Crippen molar-refractivity contribution in [1.82, 2.24) is 0 Å². The highest BCUT2D eigenvalue weighted by molar-refractivity contribution is 6.02. The van der Waals surface area contributed by atoms with E-state index in [0.29, 0.717) is 6.42 Å². The second-order valence-corrected chi connectivity index (χ2v) is 4.12. The van der Waals surface area contributed by atoms with Crippen molar-refractivity contribution in [2.45, 2.75) is 12.8 Å². The summed E-state index contributed by atoms with van der Waals surface area (Å²) in [5.74, 6) is 0.285. The molecule has 0 saturated carbocycles. The van der Waals surface area contributed by atoms with Crippen LogP contribution in [-0.4, -0.2) is 5.78 Å². The number of hydrogen-bond donors (Lipinski definition) is 0. The Kier molecular flexibility index (Phi) is 2.10. The van der Waals surface area contributed by atoms with Gasteiger partial charge >= 0.3 is 0 Å². The van der Waals surface area contributed by atoms with Gasteiger partial charge < -0.3 is 0 Å². The number of fused-ring (bicyclic) bond motifs is 1. The van der Waals surface area contributed by atoms with Crippen LogP contribution in [0.25, 0.3) is 11.1 Å². The van der Waals surface area contributed by atoms with Crippen LogP contribution in [0.4, 0.5) is 0 Å². The summed E-state index contributed by atoms with van der Waals surface area (Å²) in [5, 5.41) is 0. The molecule has 0 atom stereocenters. The minimum Gasteiger partial charge on any atom is -0.294 e. The van der Waals surface area contributed by atoms with E-state index in [2.05, 4.69) is 18.2 Å². The van der Waals surface area contributed by atoms with E-state index in [1.54, 1.807) is 0 Å². The number of benzene rings is 2. The summed E-state index contributed by atoms with van der Waals surface area (Å²) >= 11 is 0. The van der Waals surface area contributed by atoms with E-state index in [1.807, 2.05) is 30.3 Å². The maximum atomic E-state index is 11.6. The number of carbonyl (C=O) groups is 1. The molecule has 0 spiro atoms. The smallest absolute Gasteiger partial charge is 0.163 e. The van der Waals surface area contributed by atoms with Gasteiger partial charge in [0.05, 0.1) is 0 Å². The van der Waals surface area contributed by atoms with Crippen molar-refractivity contribution in [2.75, 3.05) is 0 Å². The van der Waals surface area contributed by atoms with Crippen LogP contribution in [0.1, 0.15) is 22.3 Å². The zero-order chi connectivity index (χ0) is 11.0. The minimum atomic E-state index is 0.285. The van der Waals surface area contributed by atoms with Crippen LogP contribution in [0.5, 0.6) is 0 Å². The second kappa shape index (κ2) is 3.60. The van der Waals surface area contributed by atoms with E-state index in [4.69, 9.17) is 0 Å². The van der Waals surface area contributed by atoms with Gasteiger partial charge in [0.2, 0.25) is 0 Å². The molecule has 2 aromatic carbocycles. The van der Waals surface area contributed by atoms with Gasteiger partial charge in [0.15, 0.2) is 5.78 Å². The summed E-state index contributed by atoms with van der Waals surface area (Å²) < 4.78 is 0. The topological polar surface area (TPSA) is 17.1 Å². The van der Waals surface area contributed by atoms with Crippen molar-refractivity contribution >= 4 is 5.78 Å². The van der Waals surface area contributed by atoms with Crippen molar-refractivity contribution in [3.05, 3.63) is 59.7 Å². The third-order valence-corrected chi connectivity index (χ3v) is 3.16. The summed E-state index contributed by atoms with van der Waals surface area (Å²) in [6, 6.07) is 16.3. The molecule has 0 amide bonds. The zero-order valence-corrected chi connectivity index (χ0v) is 8.94. The van der Waals surface area contributed by atoms with E-state index >= 15 is 0 Å². The van der Waals surface area contributed by atoms with Crippen molar-refractivity contribution in [3.8, 4) is 11.1 Å². The van der Waals surface area contributed by atoms with Crippen LogP contribution in [0.15, 0.2) is 48.5 Å². The quantitative estimate of drug-likeness (QED) is 0.701. The van der Waals surface area contributed by atoms with Gasteiger partial charge in [-0.3, -0.25) is 4.79 Å². The van der Waals surface area contributed by atoms with E-state index in [1.165, 1.54) is 16.7 Å². The highest BCUT2D eigenvalue weighted by Crippen LogP contribution is 2.31. The Hall–Kier alpha value is -1.89. The Labute approximate surface area is 94.7 Å². The van der Waals surface area contributed by atoms with Gasteiger partial charge in [-0.1, -0.05) is 48.5 Å². The molecule has 0 saturated heterocycles. The second-order valence-electron chi connectivity index (χ2n) is 4.12. The molecule has 1 aliphatic carbocycles. The predicted octanol–water partition coefficient (Wildman–Crippen LogP) is 3.48. The van der Waals surface area contributed by atoms with Gasteiger partial charge in [-0.15, -0.1) is 0 Å². The first-order chi connectivity index (χ1) is 7.86. The Balaban J connectivity index is 2.20. The molecular formula is C15H12O. The predicted molar refractivity (Wildman–Crippen MR) is 64.5 cm³/mol. The Morgan fingerprint density at radius 1 is 0.750 bits per heavy atom. The minimum absolute atomic E-state index is 0.285. The Morgan fingerprint density at radius 3 is 2.31 bits per heavy atom. The van der Waals surface area contributed by atoms with Crippen molar-refractivity contribution < 1.29 is 4.79 Å². The molecule has 0 aliphatic heterocycles. The molecule has 0 unspecified atom stereocenters. The standard InChI is InChI=1S/C15H12O/c16-15-10-9-13-12(7-4-8-14(13)15)11-5-2-1-3-6-11/h1-8H,9-10H2. The summed E-state index contributed by atoms with van der Waals surface area (Å²) in [5.41, 5.74) is 4.55. The Bertz CT molecular complexity index is 541. The van der Waals surface area contributed by atoms with E-state index in [9.17, 15) is 4.79 Å². The molecule has 16 heavy (non-hydrogen) atoms. The van der Waals surface area contributed by atoms with E-state index in [-0.39, 0.29) is 5.78 Å². The fourth-order valence-corrected chi connectivity index (χ4v) is 2.38. The van der Waals surface area contributed by atoms with Gasteiger partial charge in [-0.05, 0) is 23.1 Å². The summed E-state index contributed by atoms with van der Waals surface area (Å²) in [4.78, 5) is 11.6. The monoisotopic (exact) mass is 208 g/mol. The third kappa shape index (κ3) is 1.36. The van der Waals surface area contributed by atoms with Gasteiger partial charge in [0, 0.05) is 12.0 Å². The van der Waals surface area contributed by atoms with Crippen molar-refractivity contribution in [1.29, 1.82) is 0 Å². The molecule has 78 valence electrons. The number of Topliss-reactive ketones (excluding diaryl/α,β-unsaturated/α-hetero) is 1. The molecule has 0 heterocycles. The molecule has 2 aromatic rings. The molecule has 3 rings (SSSR count). The van der Waals surface area contributed by atoms with Crippen LogP contribution < -0.4 is 0 Å². The zero-order valence-electron chi connectivity index (χ0n) is 8.94. The largest absolute Gasteiger partial charge is 0.294 e. The summed E-state index contributed by atoms with van der Waals surface area (Å²) in [7, 11) is 0. The molecule has 0 N–H and O–H groups in total. The lowest BCUT2D eigenvalue weighted by Crippen LogP contribution is -1.91. The molecule has 1 heteroatoms. The molecule has 1 aliphatic rings. The van der Waals surface area contributed by atoms with Gasteiger partial charge in [-0.2, -0.15) is 0 Å². The number of rotatable bonds is 1. The lowest BCUT2D eigenvalue weighted by Gasteiger charge is -2.07. The molecule has 0 bridgehead atoms. The average Bonchev–Trinajstić information content (AvgIpc) is 2.73. The van der Waals surface area contributed by atoms with Crippen molar-refractivity contribution in [3.63, 3.8) is 0 Å². The van der Waals surface area contributed by atoms with Crippen LogP contribution in [0, 0.1) is 0 Å². The molecule has 0 aromatic heterocycles. The summed E-state index contributed by atoms with van der Waals surface area (Å²) in [6.07, 6.45) is 1.55. The lowest BCUT2D eigenvalue weighted by molar-refractivity contribution is 0.0994. The fourth-order valence-electron chi connectivity index (χ4n) is 2.38. The first kappa shape index (κ1) is 9.34. The molecule has 1 nitrogen and oxygen atoms in total. The Morgan fingerprint density at radius 2 is 1.50 bits per heavy atom. The molecule has 0 radical (unpaired) electrons. The fraction of sp³-hybridized carbons (Fsp3) is 0.133. The van der Waals surface area contributed by atoms with Crippen LogP contribution in [0.3, 0.4) is 0 Å². The highest BCUT2D eigenvalue weighted by atomic mass is 16.1. The average molecular weight is 208 g/mol. The summed E-state index contributed by atoms with van der Waals surface area (Å²) in [6.45, 7) is 0. The number of ketones is 1. The van der Waals surface area contributed by atoms with Crippen LogP contribution in [-0.2, 0) is 6.42 Å². The first-order valence-corrected chi connectivity index (χ1v) is 5.57. The lowest BCUT2D eigenvalue weighted by atomic mass is 9.97. The van der Waals surface area contributed by atoms with E-state index in [0.717, 1.165) is 12.0 Å². The number of carbonyl (C=O) groups excluding carboxylic acids is 1. The van der Waals surface area contributed by atoms with Gasteiger partial charge in [0.25, 0.3) is 0 Å². The molecule has 0 fully saturated rings. The van der Waals surface area contributed by atoms with Crippen LogP contribution in [0.2, 0.25) is 0 Å². The first-order valence-electron chi connectivity index (χ1n) is 5.57. The van der Waals surface area contributed by atoms with E-state index < -0.39 is 0 Å². The normalized spacial score (nSPS) is 13.9. The number of hydrogen-bond acceptors (Lipinski definition) is 1. The highest BCUT2D eigenvalue weighted by Gasteiger charge is 2.21. The SMILES string of the molecule is O=C1CCc2c1cccc2-c1ccccc1. The van der Waals surface area contributed by atoms with Crippen LogP contribution >= 0.6 is 0 Å². The maximum Gasteiger partial charge on any atom is 0.163 e. The van der Waals surface area contributed by atoms with Crippen molar-refractivity contribution in [2.24, 2.45) is 0 Å². The maximum absolute atomic E-state index is 11.6.